The number of hydrogen-bond acceptors (Lipinski definition) is 1. The third-order valence-corrected chi connectivity index (χ3v) is 3.09. The predicted molar refractivity (Wildman–Crippen MR) is 43.0 cm³/mol. The molecule has 0 saturated carbocycles. The predicted octanol–water partition coefficient (Wildman–Crippen LogP) is 1.80. The molecular weight excluding hydrogens is 122 g/mol. The van der Waals surface area contributed by atoms with Crippen molar-refractivity contribution in [1.82, 2.24) is 4.90 Å². The number of hydrogen-bond donors (Lipinski definition) is 0. The van der Waals surface area contributed by atoms with Crippen LogP contribution in [0.4, 0.5) is 0 Å². The molecule has 0 bridgehead atoms. The Kier molecular flexibility index (Phi) is 1.34. The highest BCUT2D eigenvalue weighted by Gasteiger charge is 2.41. The van der Waals surface area contributed by atoms with E-state index in [0.717, 1.165) is 0 Å². The van der Waals surface area contributed by atoms with E-state index in [1.165, 1.54) is 38.8 Å². The molecule has 10 heavy (non-hydrogen) atoms. The van der Waals surface area contributed by atoms with Gasteiger partial charge in [0.1, 0.15) is 0 Å². The highest BCUT2D eigenvalue weighted by Crippen LogP contribution is 2.39. The molecule has 0 aromatic heterocycles. The van der Waals surface area contributed by atoms with E-state index < -0.39 is 0 Å². The van der Waals surface area contributed by atoms with Crippen LogP contribution in [0.1, 0.15) is 25.7 Å². The Morgan fingerprint density at radius 2 is 1.80 bits per heavy atom. The van der Waals surface area contributed by atoms with E-state index in [1.807, 2.05) is 0 Å². The number of rotatable bonds is 1. The van der Waals surface area contributed by atoms with Gasteiger partial charge in [-0.3, -0.25) is 4.90 Å². The maximum Gasteiger partial charge on any atom is 0.0389 e. The van der Waals surface area contributed by atoms with Crippen LogP contribution in [0.2, 0.25) is 0 Å². The highest BCUT2D eigenvalue weighted by atomic mass is 15.2. The van der Waals surface area contributed by atoms with Gasteiger partial charge in [0.05, 0.1) is 0 Å². The maximum absolute atomic E-state index is 3.93. The van der Waals surface area contributed by atoms with E-state index in [2.05, 4.69) is 17.6 Å². The molecule has 0 aromatic rings. The van der Waals surface area contributed by atoms with Crippen LogP contribution < -0.4 is 0 Å². The zero-order valence-corrected chi connectivity index (χ0v) is 6.47. The normalized spacial score (nSPS) is 30.4. The highest BCUT2D eigenvalue weighted by molar-refractivity contribution is 5.10. The lowest BCUT2D eigenvalue weighted by molar-refractivity contribution is 0.251. The minimum atomic E-state index is 0.444. The van der Waals surface area contributed by atoms with Gasteiger partial charge in [0.15, 0.2) is 0 Å². The van der Waals surface area contributed by atoms with Crippen LogP contribution >= 0.6 is 0 Å². The molecule has 2 saturated heterocycles. The summed E-state index contributed by atoms with van der Waals surface area (Å²) in [5.74, 6) is 0. The van der Waals surface area contributed by atoms with Crippen molar-refractivity contribution in [3.8, 4) is 0 Å². The average molecular weight is 137 g/mol. The smallest absolute Gasteiger partial charge is 0.0389 e. The second-order valence-electron chi connectivity index (χ2n) is 3.50. The average Bonchev–Trinajstić information content (AvgIpc) is 2.42. The van der Waals surface area contributed by atoms with Crippen LogP contribution in [-0.4, -0.2) is 23.5 Å². The van der Waals surface area contributed by atoms with E-state index in [4.69, 9.17) is 0 Å². The summed E-state index contributed by atoms with van der Waals surface area (Å²) in [4.78, 5) is 2.60. The van der Waals surface area contributed by atoms with Gasteiger partial charge >= 0.3 is 0 Å². The summed E-state index contributed by atoms with van der Waals surface area (Å²) in [5, 5.41) is 0. The molecule has 0 aromatic carbocycles. The third kappa shape index (κ3) is 0.671. The van der Waals surface area contributed by atoms with Gasteiger partial charge in [-0.2, -0.15) is 0 Å². The standard InChI is InChI=1S/C9H15N/c1-2-9-5-3-7-10(9)8-4-6-9/h2H,1,3-8H2. The first-order valence-electron chi connectivity index (χ1n) is 4.26. The first-order chi connectivity index (χ1) is 4.87. The lowest BCUT2D eigenvalue weighted by Crippen LogP contribution is -2.35. The van der Waals surface area contributed by atoms with E-state index in [9.17, 15) is 0 Å². The molecule has 1 nitrogen and oxygen atoms in total. The largest absolute Gasteiger partial charge is 0.294 e. The lowest BCUT2D eigenvalue weighted by Gasteiger charge is -2.27. The second-order valence-corrected chi connectivity index (χ2v) is 3.50. The Morgan fingerprint density at radius 1 is 1.20 bits per heavy atom. The van der Waals surface area contributed by atoms with Crippen LogP contribution in [0.5, 0.6) is 0 Å². The van der Waals surface area contributed by atoms with Crippen molar-refractivity contribution in [1.29, 1.82) is 0 Å². The summed E-state index contributed by atoms with van der Waals surface area (Å²) in [6.45, 7) is 6.56. The summed E-state index contributed by atoms with van der Waals surface area (Å²) >= 11 is 0. The fraction of sp³-hybridized carbons (Fsp3) is 0.778. The zero-order valence-electron chi connectivity index (χ0n) is 6.47. The summed E-state index contributed by atoms with van der Waals surface area (Å²) < 4.78 is 0. The molecule has 2 aliphatic heterocycles. The minimum absolute atomic E-state index is 0.444. The molecule has 2 rings (SSSR count). The molecule has 0 N–H and O–H groups in total. The molecule has 2 aliphatic rings. The Balaban J connectivity index is 2.23. The third-order valence-electron chi connectivity index (χ3n) is 3.09. The fourth-order valence-corrected chi connectivity index (χ4v) is 2.48. The SMILES string of the molecule is C=CC12CCCN1CCC2. The first-order valence-corrected chi connectivity index (χ1v) is 4.26. The van der Waals surface area contributed by atoms with Crippen molar-refractivity contribution in [3.05, 3.63) is 12.7 Å². The zero-order chi connectivity index (χ0) is 7.03. The molecule has 0 radical (unpaired) electrons. The Hall–Kier alpha value is -0.300. The van der Waals surface area contributed by atoms with Crippen LogP contribution in [0.3, 0.4) is 0 Å². The summed E-state index contributed by atoms with van der Waals surface area (Å²) in [5.41, 5.74) is 0.444. The van der Waals surface area contributed by atoms with Crippen molar-refractivity contribution in [2.24, 2.45) is 0 Å². The minimum Gasteiger partial charge on any atom is -0.294 e. The first kappa shape index (κ1) is 6.41. The number of fused-ring (bicyclic) bond motifs is 1. The van der Waals surface area contributed by atoms with Crippen LogP contribution in [-0.2, 0) is 0 Å². The van der Waals surface area contributed by atoms with Crippen LogP contribution in [0.25, 0.3) is 0 Å². The molecule has 0 spiro atoms. The van der Waals surface area contributed by atoms with Gasteiger partial charge in [-0.25, -0.2) is 0 Å². The number of nitrogens with zero attached hydrogens (tertiary/aromatic N) is 1. The van der Waals surface area contributed by atoms with E-state index in [0.29, 0.717) is 5.54 Å². The molecule has 2 fully saturated rings. The second kappa shape index (κ2) is 2.09. The van der Waals surface area contributed by atoms with Crippen LogP contribution in [0, 0.1) is 0 Å². The topological polar surface area (TPSA) is 3.24 Å². The molecule has 0 atom stereocenters. The van der Waals surface area contributed by atoms with Crippen molar-refractivity contribution in [2.75, 3.05) is 13.1 Å². The Bertz CT molecular complexity index is 141. The summed E-state index contributed by atoms with van der Waals surface area (Å²) in [6, 6.07) is 0. The Labute approximate surface area is 62.7 Å². The Morgan fingerprint density at radius 3 is 2.20 bits per heavy atom. The van der Waals surface area contributed by atoms with Crippen molar-refractivity contribution >= 4 is 0 Å². The monoisotopic (exact) mass is 137 g/mol. The van der Waals surface area contributed by atoms with Gasteiger partial charge < -0.3 is 0 Å². The van der Waals surface area contributed by atoms with Gasteiger partial charge in [0, 0.05) is 5.54 Å². The van der Waals surface area contributed by atoms with Gasteiger partial charge in [0.25, 0.3) is 0 Å². The summed E-state index contributed by atoms with van der Waals surface area (Å²) in [7, 11) is 0. The molecule has 0 aliphatic carbocycles. The van der Waals surface area contributed by atoms with E-state index in [1.54, 1.807) is 0 Å². The van der Waals surface area contributed by atoms with Gasteiger partial charge in [-0.05, 0) is 38.8 Å². The quantitative estimate of drug-likeness (QED) is 0.498. The van der Waals surface area contributed by atoms with Gasteiger partial charge in [-0.1, -0.05) is 6.08 Å². The molecule has 1 heteroatoms. The van der Waals surface area contributed by atoms with E-state index in [-0.39, 0.29) is 0 Å². The van der Waals surface area contributed by atoms with Crippen LogP contribution in [0.15, 0.2) is 12.7 Å². The maximum atomic E-state index is 3.93. The van der Waals surface area contributed by atoms with Crippen molar-refractivity contribution in [3.63, 3.8) is 0 Å². The lowest BCUT2D eigenvalue weighted by atomic mass is 9.95. The fourth-order valence-electron chi connectivity index (χ4n) is 2.48. The molecule has 2 heterocycles. The molecular formula is C9H15N. The van der Waals surface area contributed by atoms with Crippen molar-refractivity contribution in [2.45, 2.75) is 31.2 Å². The molecule has 0 unspecified atom stereocenters. The molecule has 56 valence electrons. The molecule has 0 amide bonds. The van der Waals surface area contributed by atoms with E-state index >= 15 is 0 Å². The summed E-state index contributed by atoms with van der Waals surface area (Å²) in [6.07, 6.45) is 7.65. The van der Waals surface area contributed by atoms with Gasteiger partial charge in [0.2, 0.25) is 0 Å². The van der Waals surface area contributed by atoms with Gasteiger partial charge in [-0.15, -0.1) is 6.58 Å². The van der Waals surface area contributed by atoms with Crippen molar-refractivity contribution < 1.29 is 0 Å².